The molecule has 232 valence electrons. The van der Waals surface area contributed by atoms with Crippen molar-refractivity contribution in [1.29, 1.82) is 0 Å². The number of benzene rings is 2. The summed E-state index contributed by atoms with van der Waals surface area (Å²) in [6, 6.07) is 17.3. The zero-order chi connectivity index (χ0) is 31.0. The highest BCUT2D eigenvalue weighted by molar-refractivity contribution is 6.74. The second-order valence-electron chi connectivity index (χ2n) is 12.7. The monoisotopic (exact) mass is 604 g/mol. The average Bonchev–Trinajstić information content (AvgIpc) is 3.43. The zero-order valence-corrected chi connectivity index (χ0v) is 27.8. The third-order valence-electron chi connectivity index (χ3n) is 8.59. The normalized spacial score (nSPS) is 15.7. The minimum absolute atomic E-state index is 0.0865. The van der Waals surface area contributed by atoms with E-state index in [0.717, 1.165) is 44.0 Å². The Bertz CT molecular complexity index is 1340. The molecule has 1 saturated heterocycles. The van der Waals surface area contributed by atoms with Crippen molar-refractivity contribution in [2.45, 2.75) is 71.3 Å². The summed E-state index contributed by atoms with van der Waals surface area (Å²) in [6.07, 6.45) is 2.94. The number of esters is 1. The Morgan fingerprint density at radius 3 is 2.44 bits per heavy atom. The van der Waals surface area contributed by atoms with E-state index in [0.29, 0.717) is 31.8 Å². The molecule has 0 N–H and O–H groups in total. The van der Waals surface area contributed by atoms with E-state index < -0.39 is 8.32 Å². The van der Waals surface area contributed by atoms with Crippen LogP contribution in [0.5, 0.6) is 5.75 Å². The summed E-state index contributed by atoms with van der Waals surface area (Å²) in [5, 5.41) is 12.5. The molecule has 3 aromatic rings. The Labute approximate surface area is 258 Å². The molecule has 0 saturated carbocycles. The van der Waals surface area contributed by atoms with E-state index in [-0.39, 0.29) is 17.0 Å². The molecule has 9 nitrogen and oxygen atoms in total. The molecule has 0 radical (unpaired) electrons. The van der Waals surface area contributed by atoms with Gasteiger partial charge in [0.1, 0.15) is 5.75 Å². The van der Waals surface area contributed by atoms with Crippen LogP contribution in [0.15, 0.2) is 61.2 Å². The van der Waals surface area contributed by atoms with E-state index in [1.54, 1.807) is 4.68 Å². The molecule has 0 bridgehead atoms. The number of aromatic nitrogens is 4. The molecule has 0 aliphatic carbocycles. The van der Waals surface area contributed by atoms with Crippen molar-refractivity contribution in [2.75, 3.05) is 39.3 Å². The summed E-state index contributed by atoms with van der Waals surface area (Å²) in [5.41, 5.74) is 3.38. The van der Waals surface area contributed by atoms with Crippen LogP contribution in [0.2, 0.25) is 18.1 Å². The summed E-state index contributed by atoms with van der Waals surface area (Å²) in [6.45, 7) is 22.9. The molecule has 1 aliphatic rings. The molecular formula is C33H48N6O3Si. The lowest BCUT2D eigenvalue weighted by Crippen LogP contribution is -2.47. The Balaban J connectivity index is 1.59. The summed E-state index contributed by atoms with van der Waals surface area (Å²) < 4.78 is 13.5. The predicted octanol–water partition coefficient (Wildman–Crippen LogP) is 5.96. The van der Waals surface area contributed by atoms with E-state index in [1.807, 2.05) is 13.0 Å². The number of aryl methyl sites for hydroxylation is 1. The number of nitrogens with zero attached hydrogens (tertiary/aromatic N) is 6. The summed E-state index contributed by atoms with van der Waals surface area (Å²) in [5.74, 6) is 1.43. The van der Waals surface area contributed by atoms with Crippen LogP contribution in [-0.2, 0) is 16.1 Å². The van der Waals surface area contributed by atoms with Gasteiger partial charge in [-0.15, -0.1) is 11.7 Å². The highest BCUT2D eigenvalue weighted by Crippen LogP contribution is 2.39. The Morgan fingerprint density at radius 2 is 1.79 bits per heavy atom. The standard InChI is InChI=1S/C33H48N6O3Si/c1-8-19-37-21-23-38(24-22-37)31(28-12-10-13-29(25-28)42-43(6,7)33(3,4)5)26-15-17-27(18-16-26)32-34-35-36-39(32)20-11-14-30(40)41-9-2/h8,10,12-13,15-18,25,31H,1,9,11,14,19-24H2,2-7H3. The van der Waals surface area contributed by atoms with Crippen LogP contribution in [0.4, 0.5) is 0 Å². The first-order chi connectivity index (χ1) is 20.5. The van der Waals surface area contributed by atoms with Crippen molar-refractivity contribution in [3.8, 4) is 17.1 Å². The highest BCUT2D eigenvalue weighted by atomic mass is 28.4. The zero-order valence-electron chi connectivity index (χ0n) is 26.8. The van der Waals surface area contributed by atoms with E-state index >= 15 is 0 Å². The van der Waals surface area contributed by atoms with Crippen LogP contribution < -0.4 is 4.43 Å². The minimum Gasteiger partial charge on any atom is -0.543 e. The third-order valence-corrected chi connectivity index (χ3v) is 12.9. The van der Waals surface area contributed by atoms with Gasteiger partial charge < -0.3 is 9.16 Å². The van der Waals surface area contributed by atoms with Gasteiger partial charge in [-0.05, 0) is 65.2 Å². The molecule has 1 aliphatic heterocycles. The van der Waals surface area contributed by atoms with Gasteiger partial charge in [-0.2, -0.15) is 0 Å². The van der Waals surface area contributed by atoms with E-state index in [4.69, 9.17) is 9.16 Å². The largest absolute Gasteiger partial charge is 0.543 e. The van der Waals surface area contributed by atoms with Crippen LogP contribution >= 0.6 is 0 Å². The second-order valence-corrected chi connectivity index (χ2v) is 17.4. The molecule has 4 rings (SSSR count). The van der Waals surface area contributed by atoms with Crippen molar-refractivity contribution in [3.05, 3.63) is 72.3 Å². The van der Waals surface area contributed by atoms with Gasteiger partial charge in [0.05, 0.1) is 12.6 Å². The van der Waals surface area contributed by atoms with Gasteiger partial charge in [0.25, 0.3) is 0 Å². The molecule has 1 aromatic heterocycles. The van der Waals surface area contributed by atoms with Crippen molar-refractivity contribution >= 4 is 14.3 Å². The van der Waals surface area contributed by atoms with Gasteiger partial charge in [0.15, 0.2) is 5.82 Å². The lowest BCUT2D eigenvalue weighted by molar-refractivity contribution is -0.143. The van der Waals surface area contributed by atoms with Crippen LogP contribution in [0, 0.1) is 0 Å². The lowest BCUT2D eigenvalue weighted by Gasteiger charge is -2.40. The molecule has 1 unspecified atom stereocenters. The van der Waals surface area contributed by atoms with Gasteiger partial charge in [-0.1, -0.05) is 63.2 Å². The van der Waals surface area contributed by atoms with Crippen LogP contribution in [0.25, 0.3) is 11.4 Å². The SMILES string of the molecule is C=CCN1CCN(C(c2ccc(-c3nnnn3CCCC(=O)OCC)cc2)c2cccc(O[Si](C)(C)C(C)(C)C)c2)CC1. The summed E-state index contributed by atoms with van der Waals surface area (Å²) in [4.78, 5) is 16.8. The second kappa shape index (κ2) is 14.4. The fourth-order valence-electron chi connectivity index (χ4n) is 5.18. The van der Waals surface area contributed by atoms with Crippen molar-refractivity contribution in [1.82, 2.24) is 30.0 Å². The van der Waals surface area contributed by atoms with Crippen molar-refractivity contribution in [3.63, 3.8) is 0 Å². The van der Waals surface area contributed by atoms with Crippen molar-refractivity contribution in [2.24, 2.45) is 0 Å². The minimum atomic E-state index is -1.98. The number of carbonyl (C=O) groups is 1. The fourth-order valence-corrected chi connectivity index (χ4v) is 6.20. The fraction of sp³-hybridized carbons (Fsp3) is 0.515. The number of hydrogen-bond donors (Lipinski definition) is 0. The molecule has 10 heteroatoms. The molecule has 1 atom stereocenters. The van der Waals surface area contributed by atoms with Gasteiger partial charge in [-0.25, -0.2) is 4.68 Å². The first kappa shape index (κ1) is 32.6. The van der Waals surface area contributed by atoms with Gasteiger partial charge >= 0.3 is 5.97 Å². The van der Waals surface area contributed by atoms with E-state index in [2.05, 4.69) is 114 Å². The maximum Gasteiger partial charge on any atom is 0.305 e. The summed E-state index contributed by atoms with van der Waals surface area (Å²) in [7, 11) is -1.98. The van der Waals surface area contributed by atoms with Crippen LogP contribution in [0.1, 0.15) is 57.7 Å². The predicted molar refractivity (Wildman–Crippen MR) is 173 cm³/mol. The van der Waals surface area contributed by atoms with E-state index in [9.17, 15) is 4.79 Å². The van der Waals surface area contributed by atoms with Gasteiger partial charge in [0, 0.05) is 51.3 Å². The Morgan fingerprint density at radius 1 is 1.07 bits per heavy atom. The van der Waals surface area contributed by atoms with Crippen LogP contribution in [0.3, 0.4) is 0 Å². The average molecular weight is 605 g/mol. The molecule has 43 heavy (non-hydrogen) atoms. The quantitative estimate of drug-likeness (QED) is 0.134. The van der Waals surface area contributed by atoms with Gasteiger partial charge in [0.2, 0.25) is 8.32 Å². The van der Waals surface area contributed by atoms with Gasteiger partial charge in [-0.3, -0.25) is 14.6 Å². The molecule has 1 fully saturated rings. The number of hydrogen-bond acceptors (Lipinski definition) is 8. The summed E-state index contributed by atoms with van der Waals surface area (Å²) >= 11 is 0. The number of ether oxygens (including phenoxy) is 1. The topological polar surface area (TPSA) is 85.6 Å². The number of carbonyl (C=O) groups excluding carboxylic acids is 1. The first-order valence-corrected chi connectivity index (χ1v) is 18.3. The first-order valence-electron chi connectivity index (χ1n) is 15.4. The molecule has 0 spiro atoms. The van der Waals surface area contributed by atoms with E-state index in [1.165, 1.54) is 11.1 Å². The smallest absolute Gasteiger partial charge is 0.305 e. The Kier molecular flexibility index (Phi) is 10.9. The maximum absolute atomic E-state index is 11.8. The number of tetrazole rings is 1. The molecule has 2 aromatic carbocycles. The third kappa shape index (κ3) is 8.40. The molecular weight excluding hydrogens is 556 g/mol. The molecule has 0 amide bonds. The van der Waals surface area contributed by atoms with Crippen LogP contribution in [-0.4, -0.2) is 83.6 Å². The highest BCUT2D eigenvalue weighted by Gasteiger charge is 2.39. The number of piperazine rings is 1. The lowest BCUT2D eigenvalue weighted by atomic mass is 9.95. The van der Waals surface area contributed by atoms with Crippen molar-refractivity contribution < 1.29 is 14.0 Å². The molecule has 2 heterocycles. The Hall–Kier alpha value is -3.34. The maximum atomic E-state index is 11.8. The number of rotatable bonds is 13.